The summed E-state index contributed by atoms with van der Waals surface area (Å²) in [5, 5.41) is 0. The van der Waals surface area contributed by atoms with Gasteiger partial charge in [0.1, 0.15) is 11.5 Å². The molecular weight excluding hydrogens is 232 g/mol. The van der Waals surface area contributed by atoms with Crippen molar-refractivity contribution in [3.8, 4) is 11.5 Å². The summed E-state index contributed by atoms with van der Waals surface area (Å²) in [4.78, 5) is 1.09. The van der Waals surface area contributed by atoms with Crippen molar-refractivity contribution < 1.29 is 4.74 Å². The number of nitrogen functional groups attached to an aromatic ring is 2. The lowest BCUT2D eigenvalue weighted by molar-refractivity contribution is 0.471. The maximum Gasteiger partial charge on any atom is 0.140 e. The molecule has 0 radical (unpaired) electrons. The summed E-state index contributed by atoms with van der Waals surface area (Å²) < 4.78 is 5.78. The number of hydrogen-bond donors (Lipinski definition) is 2. The van der Waals surface area contributed by atoms with Crippen LogP contribution >= 0.6 is 11.8 Å². The van der Waals surface area contributed by atoms with E-state index in [1.165, 1.54) is 0 Å². The number of nitrogens with two attached hydrogens (primary N) is 2. The van der Waals surface area contributed by atoms with Gasteiger partial charge in [0.25, 0.3) is 0 Å². The molecule has 0 aliphatic carbocycles. The molecule has 0 bridgehead atoms. The van der Waals surface area contributed by atoms with Gasteiger partial charge in [0.05, 0.1) is 11.4 Å². The zero-order valence-electron chi connectivity index (χ0n) is 9.51. The van der Waals surface area contributed by atoms with Crippen LogP contribution in [0.15, 0.2) is 47.4 Å². The zero-order chi connectivity index (χ0) is 12.3. The van der Waals surface area contributed by atoms with E-state index in [0.717, 1.165) is 10.6 Å². The van der Waals surface area contributed by atoms with Crippen LogP contribution in [-0.4, -0.2) is 6.26 Å². The molecule has 17 heavy (non-hydrogen) atoms. The average Bonchev–Trinajstić information content (AvgIpc) is 2.34. The van der Waals surface area contributed by atoms with Crippen molar-refractivity contribution in [2.75, 3.05) is 17.7 Å². The van der Waals surface area contributed by atoms with E-state index in [9.17, 15) is 0 Å². The number of thioether (sulfide) groups is 1. The topological polar surface area (TPSA) is 61.3 Å². The second kappa shape index (κ2) is 5.01. The van der Waals surface area contributed by atoms with Crippen molar-refractivity contribution in [2.45, 2.75) is 4.90 Å². The summed E-state index contributed by atoms with van der Waals surface area (Å²) in [6.07, 6.45) is 2.01. The summed E-state index contributed by atoms with van der Waals surface area (Å²) in [7, 11) is 0. The van der Waals surface area contributed by atoms with Gasteiger partial charge < -0.3 is 16.2 Å². The molecule has 0 fully saturated rings. The van der Waals surface area contributed by atoms with Gasteiger partial charge in [0.2, 0.25) is 0 Å². The largest absolute Gasteiger partial charge is 0.456 e. The fraction of sp³-hybridized carbons (Fsp3) is 0.0769. The summed E-state index contributed by atoms with van der Waals surface area (Å²) in [5.41, 5.74) is 12.5. The van der Waals surface area contributed by atoms with Crippen molar-refractivity contribution in [3.63, 3.8) is 0 Å². The molecular formula is C13H14N2OS. The smallest absolute Gasteiger partial charge is 0.140 e. The zero-order valence-corrected chi connectivity index (χ0v) is 10.3. The molecule has 2 aromatic rings. The fourth-order valence-corrected chi connectivity index (χ4v) is 1.97. The second-order valence-corrected chi connectivity index (χ2v) is 4.39. The van der Waals surface area contributed by atoms with Crippen LogP contribution in [0, 0.1) is 0 Å². The van der Waals surface area contributed by atoms with E-state index >= 15 is 0 Å². The Bertz CT molecular complexity index is 529. The highest BCUT2D eigenvalue weighted by Gasteiger charge is 2.04. The Kier molecular flexibility index (Phi) is 3.44. The van der Waals surface area contributed by atoms with E-state index in [0.29, 0.717) is 17.1 Å². The van der Waals surface area contributed by atoms with Crippen LogP contribution < -0.4 is 16.2 Å². The number of ether oxygens (including phenoxy) is 1. The van der Waals surface area contributed by atoms with E-state index in [4.69, 9.17) is 16.2 Å². The minimum absolute atomic E-state index is 0.532. The molecule has 0 unspecified atom stereocenters. The third-order valence-corrected chi connectivity index (χ3v) is 3.13. The van der Waals surface area contributed by atoms with Crippen LogP contribution in [0.3, 0.4) is 0 Å². The van der Waals surface area contributed by atoms with Gasteiger partial charge in [-0.05, 0) is 30.5 Å². The Morgan fingerprint density at radius 1 is 1.00 bits per heavy atom. The van der Waals surface area contributed by atoms with Crippen LogP contribution in [0.5, 0.6) is 11.5 Å². The van der Waals surface area contributed by atoms with Crippen LogP contribution in [0.1, 0.15) is 0 Å². The molecule has 88 valence electrons. The molecule has 4 N–H and O–H groups in total. The summed E-state index contributed by atoms with van der Waals surface area (Å²) in [5.74, 6) is 1.52. The van der Waals surface area contributed by atoms with Crippen molar-refractivity contribution in [1.82, 2.24) is 0 Å². The Labute approximate surface area is 105 Å². The molecule has 0 aromatic heterocycles. The highest BCUT2D eigenvalue weighted by atomic mass is 32.2. The number of hydrogen-bond acceptors (Lipinski definition) is 4. The standard InChI is InChI=1S/C13H14N2OS/c1-17-13-5-3-2-4-12(13)16-9-6-7-10(14)11(15)8-9/h2-8H,14-15H2,1H3. The third-order valence-electron chi connectivity index (χ3n) is 2.36. The fourth-order valence-electron chi connectivity index (χ4n) is 1.45. The summed E-state index contributed by atoms with van der Waals surface area (Å²) >= 11 is 1.64. The SMILES string of the molecule is CSc1ccccc1Oc1ccc(N)c(N)c1. The first-order valence-electron chi connectivity index (χ1n) is 5.16. The van der Waals surface area contributed by atoms with Gasteiger partial charge in [-0.3, -0.25) is 0 Å². The molecule has 0 saturated carbocycles. The van der Waals surface area contributed by atoms with Gasteiger partial charge in [-0.25, -0.2) is 0 Å². The molecule has 0 aliphatic rings. The van der Waals surface area contributed by atoms with E-state index in [-0.39, 0.29) is 0 Å². The minimum atomic E-state index is 0.532. The predicted octanol–water partition coefficient (Wildman–Crippen LogP) is 3.37. The van der Waals surface area contributed by atoms with Crippen molar-refractivity contribution >= 4 is 23.1 Å². The van der Waals surface area contributed by atoms with Crippen LogP contribution in [0.4, 0.5) is 11.4 Å². The average molecular weight is 246 g/mol. The lowest BCUT2D eigenvalue weighted by Crippen LogP contribution is -1.95. The quantitative estimate of drug-likeness (QED) is 0.644. The Morgan fingerprint density at radius 3 is 2.47 bits per heavy atom. The number of para-hydroxylation sites is 1. The van der Waals surface area contributed by atoms with Crippen molar-refractivity contribution in [2.24, 2.45) is 0 Å². The molecule has 2 rings (SSSR count). The van der Waals surface area contributed by atoms with Gasteiger partial charge in [-0.1, -0.05) is 12.1 Å². The molecule has 0 aliphatic heterocycles. The van der Waals surface area contributed by atoms with E-state index in [1.807, 2.05) is 36.6 Å². The van der Waals surface area contributed by atoms with Crippen molar-refractivity contribution in [1.29, 1.82) is 0 Å². The first-order chi connectivity index (χ1) is 8.20. The highest BCUT2D eigenvalue weighted by Crippen LogP contribution is 2.32. The molecule has 0 atom stereocenters. The lowest BCUT2D eigenvalue weighted by atomic mass is 10.2. The lowest BCUT2D eigenvalue weighted by Gasteiger charge is -2.10. The maximum absolute atomic E-state index is 5.78. The molecule has 0 heterocycles. The molecule has 3 nitrogen and oxygen atoms in total. The summed E-state index contributed by atoms with van der Waals surface area (Å²) in [6, 6.07) is 13.1. The maximum atomic E-state index is 5.78. The minimum Gasteiger partial charge on any atom is -0.456 e. The number of anilines is 2. The van der Waals surface area contributed by atoms with Crippen molar-refractivity contribution in [3.05, 3.63) is 42.5 Å². The van der Waals surface area contributed by atoms with E-state index < -0.39 is 0 Å². The van der Waals surface area contributed by atoms with E-state index in [1.54, 1.807) is 23.9 Å². The van der Waals surface area contributed by atoms with Crippen LogP contribution in [0.2, 0.25) is 0 Å². The Hall–Kier alpha value is -1.81. The highest BCUT2D eigenvalue weighted by molar-refractivity contribution is 7.98. The van der Waals surface area contributed by atoms with Gasteiger partial charge in [-0.15, -0.1) is 11.8 Å². The molecule has 2 aromatic carbocycles. The Morgan fingerprint density at radius 2 is 1.76 bits per heavy atom. The molecule has 0 amide bonds. The molecule has 0 spiro atoms. The first-order valence-corrected chi connectivity index (χ1v) is 6.39. The Balaban J connectivity index is 2.28. The normalized spacial score (nSPS) is 10.2. The third kappa shape index (κ3) is 2.65. The number of benzene rings is 2. The van der Waals surface area contributed by atoms with Gasteiger partial charge in [0, 0.05) is 11.0 Å². The van der Waals surface area contributed by atoms with E-state index in [2.05, 4.69) is 0 Å². The summed E-state index contributed by atoms with van der Waals surface area (Å²) in [6.45, 7) is 0. The van der Waals surface area contributed by atoms with Crippen LogP contribution in [0.25, 0.3) is 0 Å². The first kappa shape index (κ1) is 11.7. The monoisotopic (exact) mass is 246 g/mol. The van der Waals surface area contributed by atoms with Gasteiger partial charge in [-0.2, -0.15) is 0 Å². The predicted molar refractivity (Wildman–Crippen MR) is 73.6 cm³/mol. The van der Waals surface area contributed by atoms with Gasteiger partial charge in [0.15, 0.2) is 0 Å². The van der Waals surface area contributed by atoms with Gasteiger partial charge >= 0.3 is 0 Å². The molecule has 4 heteroatoms. The molecule has 0 saturated heterocycles. The van der Waals surface area contributed by atoms with Crippen LogP contribution in [-0.2, 0) is 0 Å². The number of rotatable bonds is 3. The second-order valence-electron chi connectivity index (χ2n) is 3.54.